The maximum Gasteiger partial charge on any atom is 0.305 e. The summed E-state index contributed by atoms with van der Waals surface area (Å²) in [7, 11) is 1.37. The van der Waals surface area contributed by atoms with E-state index in [1.165, 1.54) is 41.6 Å². The van der Waals surface area contributed by atoms with Crippen molar-refractivity contribution in [1.82, 2.24) is 4.98 Å². The van der Waals surface area contributed by atoms with Gasteiger partial charge >= 0.3 is 5.97 Å². The highest BCUT2D eigenvalue weighted by molar-refractivity contribution is 5.94. The molecule has 0 aliphatic heterocycles. The molecule has 3 aromatic rings. The number of methoxy groups -OCH3 is 1. The largest absolute Gasteiger partial charge is 0.503 e. The summed E-state index contributed by atoms with van der Waals surface area (Å²) in [5.74, 6) is -1.04. The van der Waals surface area contributed by atoms with Crippen LogP contribution in [-0.4, -0.2) is 35.2 Å². The number of aryl methyl sites for hydroxylation is 2. The van der Waals surface area contributed by atoms with E-state index in [4.69, 9.17) is 15.2 Å². The quantitative estimate of drug-likeness (QED) is 0.492. The average Bonchev–Trinajstić information content (AvgIpc) is 2.79. The maximum absolute atomic E-state index is 11.7. The second kappa shape index (κ2) is 12.4. The lowest BCUT2D eigenvalue weighted by atomic mass is 9.86. The maximum atomic E-state index is 11.7. The molecule has 0 spiro atoms. The number of carbonyl (C=O) groups is 2. The predicted molar refractivity (Wildman–Crippen MR) is 131 cm³/mol. The molecule has 0 radical (unpaired) electrons. The average molecular weight is 465 g/mol. The van der Waals surface area contributed by atoms with E-state index >= 15 is 0 Å². The number of carbonyl (C=O) groups excluding carboxylic acids is 2. The third-order valence-electron chi connectivity index (χ3n) is 5.22. The third-order valence-corrected chi connectivity index (χ3v) is 5.22. The van der Waals surface area contributed by atoms with E-state index < -0.39 is 5.91 Å². The smallest absolute Gasteiger partial charge is 0.305 e. The first-order valence-corrected chi connectivity index (χ1v) is 11.0. The van der Waals surface area contributed by atoms with Crippen LogP contribution in [0.5, 0.6) is 11.5 Å². The molecule has 1 unspecified atom stereocenters. The van der Waals surface area contributed by atoms with Crippen LogP contribution in [0.1, 0.15) is 58.9 Å². The van der Waals surface area contributed by atoms with E-state index in [-0.39, 0.29) is 35.2 Å². The monoisotopic (exact) mass is 464 g/mol. The molecule has 7 nitrogen and oxygen atoms in total. The molecular weight excluding hydrogens is 432 g/mol. The van der Waals surface area contributed by atoms with Gasteiger partial charge < -0.3 is 20.3 Å². The number of aromatic hydroxyl groups is 1. The Balaban J connectivity index is 0.000000287. The predicted octanol–water partition coefficient (Wildman–Crippen LogP) is 4.67. The Morgan fingerprint density at radius 2 is 1.59 bits per heavy atom. The molecule has 1 atom stereocenters. The van der Waals surface area contributed by atoms with Crippen LogP contribution in [0.25, 0.3) is 0 Å². The van der Waals surface area contributed by atoms with Crippen molar-refractivity contribution in [1.29, 1.82) is 0 Å². The number of nitrogens with two attached hydrogens (primary N) is 1. The first kappa shape index (κ1) is 26.4. The summed E-state index contributed by atoms with van der Waals surface area (Å²) >= 11 is 0. The molecular formula is C27H32N2O5. The molecule has 0 saturated carbocycles. The Labute approximate surface area is 200 Å². The second-order valence-electron chi connectivity index (χ2n) is 7.93. The molecule has 0 aliphatic carbocycles. The van der Waals surface area contributed by atoms with E-state index in [0.29, 0.717) is 6.42 Å². The van der Waals surface area contributed by atoms with Gasteiger partial charge in [0.1, 0.15) is 6.10 Å². The number of nitrogens with zero attached hydrogens (tertiary/aromatic N) is 1. The molecule has 3 N–H and O–H groups in total. The van der Waals surface area contributed by atoms with Crippen LogP contribution < -0.4 is 10.5 Å². The van der Waals surface area contributed by atoms with Crippen LogP contribution in [0.3, 0.4) is 0 Å². The molecule has 34 heavy (non-hydrogen) atoms. The summed E-state index contributed by atoms with van der Waals surface area (Å²) < 4.78 is 10.3. The van der Waals surface area contributed by atoms with Crippen molar-refractivity contribution in [2.75, 3.05) is 7.11 Å². The number of aromatic nitrogens is 1. The Morgan fingerprint density at radius 3 is 2.03 bits per heavy atom. The van der Waals surface area contributed by atoms with E-state index in [1.54, 1.807) is 0 Å². The Bertz CT molecular complexity index is 1080. The minimum atomic E-state index is -0.786. The molecule has 3 rings (SSSR count). The van der Waals surface area contributed by atoms with Crippen LogP contribution in [-0.2, 0) is 9.53 Å². The van der Waals surface area contributed by atoms with Gasteiger partial charge in [0.25, 0.3) is 5.91 Å². The van der Waals surface area contributed by atoms with Gasteiger partial charge in [-0.2, -0.15) is 0 Å². The molecule has 180 valence electrons. The van der Waals surface area contributed by atoms with Crippen LogP contribution in [0.4, 0.5) is 0 Å². The van der Waals surface area contributed by atoms with Gasteiger partial charge in [0.2, 0.25) is 0 Å². The van der Waals surface area contributed by atoms with Gasteiger partial charge in [-0.3, -0.25) is 9.59 Å². The van der Waals surface area contributed by atoms with Gasteiger partial charge in [0, 0.05) is 24.6 Å². The minimum absolute atomic E-state index is 0.0512. The topological polar surface area (TPSA) is 112 Å². The molecule has 1 aromatic heterocycles. The van der Waals surface area contributed by atoms with Crippen molar-refractivity contribution in [2.24, 2.45) is 5.73 Å². The van der Waals surface area contributed by atoms with Crippen molar-refractivity contribution in [3.05, 3.63) is 88.7 Å². The number of hydrogen-bond donors (Lipinski definition) is 2. The van der Waals surface area contributed by atoms with Crippen LogP contribution in [0, 0.1) is 13.8 Å². The summed E-state index contributed by atoms with van der Waals surface area (Å²) in [6, 6.07) is 18.3. The van der Waals surface area contributed by atoms with Crippen molar-refractivity contribution >= 4 is 11.9 Å². The van der Waals surface area contributed by atoms with E-state index in [2.05, 4.69) is 67.4 Å². The van der Waals surface area contributed by atoms with E-state index in [9.17, 15) is 14.7 Å². The zero-order chi connectivity index (χ0) is 25.3. The fourth-order valence-electron chi connectivity index (χ4n) is 3.60. The minimum Gasteiger partial charge on any atom is -0.503 e. The lowest BCUT2D eigenvalue weighted by Gasteiger charge is -2.25. The lowest BCUT2D eigenvalue weighted by molar-refractivity contribution is -0.148. The number of benzene rings is 2. The van der Waals surface area contributed by atoms with Gasteiger partial charge in [-0.1, -0.05) is 66.6 Å². The molecule has 1 heterocycles. The molecule has 0 bridgehead atoms. The van der Waals surface area contributed by atoms with Gasteiger partial charge in [0.05, 0.1) is 7.11 Å². The fourth-order valence-corrected chi connectivity index (χ4v) is 3.60. The summed E-state index contributed by atoms with van der Waals surface area (Å²) in [5.41, 5.74) is 9.52. The van der Waals surface area contributed by atoms with Gasteiger partial charge in [0.15, 0.2) is 17.2 Å². The summed E-state index contributed by atoms with van der Waals surface area (Å²) in [5, 5.41) is 9.27. The number of hydrogen-bond acceptors (Lipinski definition) is 6. The molecule has 0 saturated heterocycles. The Kier molecular flexibility index (Phi) is 9.62. The number of amides is 1. The van der Waals surface area contributed by atoms with Gasteiger partial charge in [-0.05, 0) is 31.9 Å². The van der Waals surface area contributed by atoms with Crippen LogP contribution in [0.2, 0.25) is 0 Å². The van der Waals surface area contributed by atoms with Crippen molar-refractivity contribution in [3.8, 4) is 11.5 Å². The highest BCUT2D eigenvalue weighted by atomic mass is 16.5. The third kappa shape index (κ3) is 7.07. The van der Waals surface area contributed by atoms with Crippen LogP contribution in [0.15, 0.2) is 60.8 Å². The second-order valence-corrected chi connectivity index (χ2v) is 7.93. The van der Waals surface area contributed by atoms with E-state index in [0.717, 1.165) is 0 Å². The van der Waals surface area contributed by atoms with Crippen molar-refractivity contribution < 1.29 is 24.2 Å². The van der Waals surface area contributed by atoms with Crippen LogP contribution >= 0.6 is 0 Å². The molecule has 2 aromatic carbocycles. The number of esters is 1. The normalized spacial score (nSPS) is 11.2. The number of rotatable bonds is 7. The molecule has 0 aliphatic rings. The first-order chi connectivity index (χ1) is 16.2. The molecule has 0 fully saturated rings. The Hall–Kier alpha value is -3.87. The highest BCUT2D eigenvalue weighted by Gasteiger charge is 2.24. The lowest BCUT2D eigenvalue weighted by Crippen LogP contribution is -2.23. The molecule has 7 heteroatoms. The fraction of sp³-hybridized carbons (Fsp3) is 0.296. The Morgan fingerprint density at radius 1 is 1.03 bits per heavy atom. The highest BCUT2D eigenvalue weighted by Crippen LogP contribution is 2.31. The van der Waals surface area contributed by atoms with Gasteiger partial charge in [-0.15, -0.1) is 0 Å². The zero-order valence-electron chi connectivity index (χ0n) is 20.2. The van der Waals surface area contributed by atoms with E-state index in [1.807, 2.05) is 13.8 Å². The number of primary amides is 1. The number of ether oxygens (including phenoxy) is 2. The summed E-state index contributed by atoms with van der Waals surface area (Å²) in [4.78, 5) is 25.9. The zero-order valence-corrected chi connectivity index (χ0v) is 20.2. The van der Waals surface area contributed by atoms with Crippen molar-refractivity contribution in [2.45, 2.75) is 46.1 Å². The first-order valence-electron chi connectivity index (χ1n) is 11.0. The SMILES string of the molecule is CCC(=O)OC(C)C(c1cccc(C)c1)c1cccc(C)c1.COc1ccnc(C(N)=O)c1O. The van der Waals surface area contributed by atoms with Crippen molar-refractivity contribution in [3.63, 3.8) is 0 Å². The van der Waals surface area contributed by atoms with Gasteiger partial charge in [-0.25, -0.2) is 4.98 Å². The summed E-state index contributed by atoms with van der Waals surface area (Å²) in [6.07, 6.45) is 1.54. The summed E-state index contributed by atoms with van der Waals surface area (Å²) in [6.45, 7) is 7.96. The standard InChI is InChI=1S/C20H24O2.C7H8N2O3/c1-5-19(21)22-16(4)20(17-10-6-8-14(2)12-17)18-11-7-9-15(3)13-18;1-12-4-2-3-9-5(6(4)10)7(8)11/h6-13,16,20H,5H2,1-4H3;2-3,10H,1H3,(H2,8,11). The number of pyridine rings is 1. The molecule has 1 amide bonds.